The van der Waals surface area contributed by atoms with Crippen molar-refractivity contribution in [3.05, 3.63) is 12.7 Å². The van der Waals surface area contributed by atoms with E-state index < -0.39 is 5.60 Å². The molecule has 1 rings (SSSR count). The smallest absolute Gasteiger partial charge is 0.236 e. The first-order valence-corrected chi connectivity index (χ1v) is 5.43. The third-order valence-electron chi connectivity index (χ3n) is 2.60. The van der Waals surface area contributed by atoms with Gasteiger partial charge in [0.25, 0.3) is 0 Å². The largest absolute Gasteiger partial charge is 0.386 e. The molecule has 1 fully saturated rings. The third kappa shape index (κ3) is 3.32. The minimum Gasteiger partial charge on any atom is -0.386 e. The van der Waals surface area contributed by atoms with Crippen LogP contribution in [0.4, 0.5) is 0 Å². The molecule has 1 aliphatic heterocycles. The predicted octanol–water partition coefficient (Wildman–Crippen LogP) is 0.135. The van der Waals surface area contributed by atoms with Crippen molar-refractivity contribution in [2.24, 2.45) is 0 Å². The summed E-state index contributed by atoms with van der Waals surface area (Å²) in [6.45, 7) is 7.52. The van der Waals surface area contributed by atoms with Gasteiger partial charge in [-0.25, -0.2) is 0 Å². The Hall–Kier alpha value is -0.870. The average molecular weight is 212 g/mol. The number of β-amino-alcohol motifs (C(OH)–C–C–N with tert-alkyl or cyclic N) is 1. The molecule has 4 heteroatoms. The van der Waals surface area contributed by atoms with Gasteiger partial charge in [0.1, 0.15) is 0 Å². The minimum atomic E-state index is -0.622. The average Bonchev–Trinajstić information content (AvgIpc) is 2.14. The van der Waals surface area contributed by atoms with Crippen molar-refractivity contribution in [1.29, 1.82) is 0 Å². The molecule has 0 aromatic heterocycles. The molecule has 15 heavy (non-hydrogen) atoms. The van der Waals surface area contributed by atoms with Crippen molar-refractivity contribution in [1.82, 2.24) is 10.2 Å². The summed E-state index contributed by atoms with van der Waals surface area (Å²) in [5, 5.41) is 12.8. The number of carbonyl (C=O) groups excluding carboxylic acids is 1. The Morgan fingerprint density at radius 2 is 2.33 bits per heavy atom. The van der Waals surface area contributed by atoms with Crippen LogP contribution in [-0.2, 0) is 4.79 Å². The first-order chi connectivity index (χ1) is 7.11. The zero-order chi connectivity index (χ0) is 11.3. The van der Waals surface area contributed by atoms with Gasteiger partial charge < -0.3 is 15.3 Å². The van der Waals surface area contributed by atoms with E-state index in [1.807, 2.05) is 6.92 Å². The predicted molar refractivity (Wildman–Crippen MR) is 59.5 cm³/mol. The van der Waals surface area contributed by atoms with Gasteiger partial charge in [-0.1, -0.05) is 19.4 Å². The van der Waals surface area contributed by atoms with E-state index in [1.165, 1.54) is 0 Å². The van der Waals surface area contributed by atoms with Gasteiger partial charge in [-0.05, 0) is 6.42 Å². The standard InChI is InChI=1S/C11H20N2O2/c1-3-5-11(15)8-13(9-11)10(14)7-12-6-4-2/h4,12,15H,2-3,5-9H2,1H3. The third-order valence-corrected chi connectivity index (χ3v) is 2.60. The van der Waals surface area contributed by atoms with Gasteiger partial charge in [-0.2, -0.15) is 0 Å². The molecular formula is C11H20N2O2. The van der Waals surface area contributed by atoms with Crippen molar-refractivity contribution in [2.75, 3.05) is 26.2 Å². The lowest BCUT2D eigenvalue weighted by atomic mass is 9.89. The maximum Gasteiger partial charge on any atom is 0.236 e. The van der Waals surface area contributed by atoms with E-state index in [-0.39, 0.29) is 5.91 Å². The zero-order valence-corrected chi connectivity index (χ0v) is 9.33. The Labute approximate surface area is 91.0 Å². The summed E-state index contributed by atoms with van der Waals surface area (Å²) in [5.41, 5.74) is -0.622. The summed E-state index contributed by atoms with van der Waals surface area (Å²) < 4.78 is 0. The van der Waals surface area contributed by atoms with Crippen LogP contribution in [0.3, 0.4) is 0 Å². The molecule has 0 aromatic rings. The number of hydrogen-bond donors (Lipinski definition) is 2. The summed E-state index contributed by atoms with van der Waals surface area (Å²) in [5.74, 6) is 0.0534. The number of nitrogens with one attached hydrogen (secondary N) is 1. The SMILES string of the molecule is C=CCNCC(=O)N1CC(O)(CCC)C1. The molecule has 1 aliphatic rings. The lowest BCUT2D eigenvalue weighted by Gasteiger charge is -2.46. The molecule has 0 aromatic carbocycles. The van der Waals surface area contributed by atoms with Crippen molar-refractivity contribution < 1.29 is 9.90 Å². The highest BCUT2D eigenvalue weighted by atomic mass is 16.3. The van der Waals surface area contributed by atoms with Crippen LogP contribution in [0.1, 0.15) is 19.8 Å². The second-order valence-electron chi connectivity index (χ2n) is 4.14. The fourth-order valence-electron chi connectivity index (χ4n) is 1.86. The molecule has 86 valence electrons. The Morgan fingerprint density at radius 3 is 2.87 bits per heavy atom. The summed E-state index contributed by atoms with van der Waals surface area (Å²) >= 11 is 0. The maximum absolute atomic E-state index is 11.5. The van der Waals surface area contributed by atoms with Crippen LogP contribution in [0.5, 0.6) is 0 Å². The van der Waals surface area contributed by atoms with Crippen LogP contribution in [-0.4, -0.2) is 47.7 Å². The van der Waals surface area contributed by atoms with Crippen LogP contribution in [0.2, 0.25) is 0 Å². The number of nitrogens with zero attached hydrogens (tertiary/aromatic N) is 1. The Kier molecular flexibility index (Phi) is 4.29. The van der Waals surface area contributed by atoms with E-state index in [1.54, 1.807) is 11.0 Å². The molecule has 0 aliphatic carbocycles. The van der Waals surface area contributed by atoms with E-state index in [9.17, 15) is 9.90 Å². The molecule has 0 bridgehead atoms. The second-order valence-corrected chi connectivity index (χ2v) is 4.14. The zero-order valence-electron chi connectivity index (χ0n) is 9.33. The lowest BCUT2D eigenvalue weighted by Crippen LogP contribution is -2.64. The highest BCUT2D eigenvalue weighted by Crippen LogP contribution is 2.25. The Balaban J connectivity index is 2.20. The van der Waals surface area contributed by atoms with Gasteiger partial charge in [-0.3, -0.25) is 4.79 Å². The summed E-state index contributed by atoms with van der Waals surface area (Å²) in [6.07, 6.45) is 3.45. The maximum atomic E-state index is 11.5. The molecular weight excluding hydrogens is 192 g/mol. The lowest BCUT2D eigenvalue weighted by molar-refractivity contribution is -0.155. The van der Waals surface area contributed by atoms with Crippen LogP contribution in [0.25, 0.3) is 0 Å². The summed E-state index contributed by atoms with van der Waals surface area (Å²) in [4.78, 5) is 13.2. The summed E-state index contributed by atoms with van der Waals surface area (Å²) in [6, 6.07) is 0. The number of aliphatic hydroxyl groups is 1. The quantitative estimate of drug-likeness (QED) is 0.486. The van der Waals surface area contributed by atoms with Crippen molar-refractivity contribution in [2.45, 2.75) is 25.4 Å². The minimum absolute atomic E-state index is 0.0534. The Bertz CT molecular complexity index is 235. The molecule has 0 radical (unpaired) electrons. The van der Waals surface area contributed by atoms with Gasteiger partial charge in [0.05, 0.1) is 25.2 Å². The van der Waals surface area contributed by atoms with E-state index in [0.717, 1.165) is 12.8 Å². The molecule has 1 amide bonds. The fraction of sp³-hybridized carbons (Fsp3) is 0.727. The van der Waals surface area contributed by atoms with Crippen molar-refractivity contribution in [3.63, 3.8) is 0 Å². The number of carbonyl (C=O) groups is 1. The Morgan fingerprint density at radius 1 is 1.67 bits per heavy atom. The summed E-state index contributed by atoms with van der Waals surface area (Å²) in [7, 11) is 0. The van der Waals surface area contributed by atoms with Crippen LogP contribution in [0.15, 0.2) is 12.7 Å². The van der Waals surface area contributed by atoms with E-state index in [2.05, 4.69) is 11.9 Å². The number of hydrogen-bond acceptors (Lipinski definition) is 3. The molecule has 0 spiro atoms. The molecule has 4 nitrogen and oxygen atoms in total. The van der Waals surface area contributed by atoms with Crippen molar-refractivity contribution >= 4 is 5.91 Å². The van der Waals surface area contributed by atoms with E-state index >= 15 is 0 Å². The normalized spacial score (nSPS) is 18.4. The van der Waals surface area contributed by atoms with Gasteiger partial charge in [0.2, 0.25) is 5.91 Å². The highest BCUT2D eigenvalue weighted by Gasteiger charge is 2.42. The topological polar surface area (TPSA) is 52.6 Å². The molecule has 0 atom stereocenters. The first-order valence-electron chi connectivity index (χ1n) is 5.43. The molecule has 0 unspecified atom stereocenters. The second kappa shape index (κ2) is 5.28. The van der Waals surface area contributed by atoms with Gasteiger partial charge in [0.15, 0.2) is 0 Å². The first kappa shape index (κ1) is 12.2. The van der Waals surface area contributed by atoms with Crippen LogP contribution < -0.4 is 5.32 Å². The van der Waals surface area contributed by atoms with Gasteiger partial charge >= 0.3 is 0 Å². The monoisotopic (exact) mass is 212 g/mol. The highest BCUT2D eigenvalue weighted by molar-refractivity contribution is 5.79. The molecule has 1 heterocycles. The number of amides is 1. The van der Waals surface area contributed by atoms with E-state index in [0.29, 0.717) is 26.2 Å². The van der Waals surface area contributed by atoms with Crippen LogP contribution in [0, 0.1) is 0 Å². The molecule has 2 N–H and O–H groups in total. The van der Waals surface area contributed by atoms with Crippen LogP contribution >= 0.6 is 0 Å². The van der Waals surface area contributed by atoms with E-state index in [4.69, 9.17) is 0 Å². The number of likely N-dealkylation sites (tertiary alicyclic amines) is 1. The molecule has 0 saturated carbocycles. The van der Waals surface area contributed by atoms with Gasteiger partial charge in [0, 0.05) is 6.54 Å². The van der Waals surface area contributed by atoms with Crippen molar-refractivity contribution in [3.8, 4) is 0 Å². The molecule has 1 saturated heterocycles. The van der Waals surface area contributed by atoms with Gasteiger partial charge in [-0.15, -0.1) is 6.58 Å². The fourth-order valence-corrected chi connectivity index (χ4v) is 1.86. The number of rotatable bonds is 6.